The van der Waals surface area contributed by atoms with Crippen molar-refractivity contribution in [2.45, 2.75) is 45.1 Å². The summed E-state index contributed by atoms with van der Waals surface area (Å²) in [7, 11) is 0. The number of hydrogen-bond acceptors (Lipinski definition) is 6. The molecular weight excluding hydrogens is 368 g/mol. The third-order valence-corrected chi connectivity index (χ3v) is 5.60. The Balaban J connectivity index is 1.44. The van der Waals surface area contributed by atoms with E-state index in [0.717, 1.165) is 30.8 Å². The molecule has 2 N–H and O–H groups in total. The number of carbonyl (C=O) groups is 1. The smallest absolute Gasteiger partial charge is 0.251 e. The Bertz CT molecular complexity index is 834. The summed E-state index contributed by atoms with van der Waals surface area (Å²) in [4.78, 5) is 13.0. The predicted molar refractivity (Wildman–Crippen MR) is 111 cm³/mol. The lowest BCUT2D eigenvalue weighted by atomic mass is 9.97. The molecule has 7 nitrogen and oxygen atoms in total. The first-order valence-corrected chi connectivity index (χ1v) is 10.4. The summed E-state index contributed by atoms with van der Waals surface area (Å²) in [6.45, 7) is 3.77. The number of hydrogen-bond donors (Lipinski definition) is 2. The van der Waals surface area contributed by atoms with E-state index in [1.165, 1.54) is 12.8 Å². The van der Waals surface area contributed by atoms with Crippen LogP contribution in [0.15, 0.2) is 30.3 Å². The van der Waals surface area contributed by atoms with Crippen LogP contribution < -0.4 is 20.1 Å². The molecule has 4 rings (SSSR count). The maximum Gasteiger partial charge on any atom is 0.251 e. The number of carbonyl (C=O) groups excluding carboxylic acids is 1. The summed E-state index contributed by atoms with van der Waals surface area (Å²) in [5, 5.41) is 14.8. The SMILES string of the molecule is Cc1ccc(NCC(NC(=O)c2ccc3c(c2)OCCCO3)C2CCCC2)nn1. The van der Waals surface area contributed by atoms with Crippen LogP contribution in [-0.2, 0) is 0 Å². The Labute approximate surface area is 171 Å². The minimum atomic E-state index is -0.0886. The van der Waals surface area contributed by atoms with Crippen LogP contribution in [0, 0.1) is 12.8 Å². The molecule has 2 aromatic rings. The highest BCUT2D eigenvalue weighted by molar-refractivity contribution is 5.95. The molecule has 29 heavy (non-hydrogen) atoms. The van der Waals surface area contributed by atoms with Crippen molar-refractivity contribution in [2.75, 3.05) is 25.1 Å². The van der Waals surface area contributed by atoms with Crippen LogP contribution in [0.1, 0.15) is 48.2 Å². The molecule has 154 valence electrons. The molecule has 0 bridgehead atoms. The Kier molecular flexibility index (Phi) is 6.12. The Morgan fingerprint density at radius 2 is 1.86 bits per heavy atom. The molecule has 2 heterocycles. The first-order valence-electron chi connectivity index (χ1n) is 10.4. The lowest BCUT2D eigenvalue weighted by molar-refractivity contribution is 0.0925. The lowest BCUT2D eigenvalue weighted by Gasteiger charge is -2.25. The van der Waals surface area contributed by atoms with Gasteiger partial charge < -0.3 is 20.1 Å². The molecule has 1 aliphatic heterocycles. The third kappa shape index (κ3) is 4.96. The number of nitrogens with one attached hydrogen (secondary N) is 2. The number of benzene rings is 1. The van der Waals surface area contributed by atoms with E-state index in [1.54, 1.807) is 12.1 Å². The van der Waals surface area contributed by atoms with E-state index < -0.39 is 0 Å². The van der Waals surface area contributed by atoms with Crippen molar-refractivity contribution in [1.82, 2.24) is 15.5 Å². The van der Waals surface area contributed by atoms with Crippen molar-refractivity contribution in [3.63, 3.8) is 0 Å². The number of rotatable bonds is 6. The van der Waals surface area contributed by atoms with E-state index in [4.69, 9.17) is 9.47 Å². The first-order chi connectivity index (χ1) is 14.2. The summed E-state index contributed by atoms with van der Waals surface area (Å²) in [5.41, 5.74) is 1.47. The molecule has 7 heteroatoms. The van der Waals surface area contributed by atoms with Crippen molar-refractivity contribution in [2.24, 2.45) is 5.92 Å². The maximum atomic E-state index is 13.0. The van der Waals surface area contributed by atoms with E-state index in [2.05, 4.69) is 20.8 Å². The Hall–Kier alpha value is -2.83. The van der Waals surface area contributed by atoms with Gasteiger partial charge in [0, 0.05) is 24.6 Å². The molecule has 1 aliphatic carbocycles. The minimum absolute atomic E-state index is 0.0316. The summed E-state index contributed by atoms with van der Waals surface area (Å²) >= 11 is 0. The van der Waals surface area contributed by atoms with Crippen molar-refractivity contribution >= 4 is 11.7 Å². The van der Waals surface area contributed by atoms with Crippen molar-refractivity contribution in [1.29, 1.82) is 0 Å². The van der Waals surface area contributed by atoms with Gasteiger partial charge in [0.15, 0.2) is 11.5 Å². The van der Waals surface area contributed by atoms with Gasteiger partial charge in [0.2, 0.25) is 0 Å². The monoisotopic (exact) mass is 396 g/mol. The van der Waals surface area contributed by atoms with Gasteiger partial charge in [-0.1, -0.05) is 12.8 Å². The molecule has 0 saturated heterocycles. The zero-order valence-corrected chi connectivity index (χ0v) is 16.8. The van der Waals surface area contributed by atoms with Crippen LogP contribution >= 0.6 is 0 Å². The highest BCUT2D eigenvalue weighted by atomic mass is 16.5. The molecule has 1 saturated carbocycles. The molecule has 1 amide bonds. The predicted octanol–water partition coefficient (Wildman–Crippen LogP) is 3.35. The zero-order chi connectivity index (χ0) is 20.1. The second-order valence-electron chi connectivity index (χ2n) is 7.78. The van der Waals surface area contributed by atoms with Gasteiger partial charge in [-0.2, -0.15) is 5.10 Å². The fourth-order valence-electron chi connectivity index (χ4n) is 3.96. The summed E-state index contributed by atoms with van der Waals surface area (Å²) < 4.78 is 11.4. The topological polar surface area (TPSA) is 85.4 Å². The van der Waals surface area contributed by atoms with Gasteiger partial charge in [-0.3, -0.25) is 4.79 Å². The Morgan fingerprint density at radius 1 is 1.07 bits per heavy atom. The van der Waals surface area contributed by atoms with Crippen LogP contribution in [-0.4, -0.2) is 41.9 Å². The number of ether oxygens (including phenoxy) is 2. The second kappa shape index (κ2) is 9.11. The van der Waals surface area contributed by atoms with E-state index >= 15 is 0 Å². The first kappa shape index (κ1) is 19.5. The van der Waals surface area contributed by atoms with E-state index in [-0.39, 0.29) is 11.9 Å². The fraction of sp³-hybridized carbons (Fsp3) is 0.500. The highest BCUT2D eigenvalue weighted by Gasteiger charge is 2.27. The molecule has 1 unspecified atom stereocenters. The number of aromatic nitrogens is 2. The van der Waals surface area contributed by atoms with Crippen LogP contribution in [0.2, 0.25) is 0 Å². The highest BCUT2D eigenvalue weighted by Crippen LogP contribution is 2.31. The van der Waals surface area contributed by atoms with Crippen molar-refractivity contribution < 1.29 is 14.3 Å². The fourth-order valence-corrected chi connectivity index (χ4v) is 3.96. The molecule has 2 aliphatic rings. The van der Waals surface area contributed by atoms with Gasteiger partial charge >= 0.3 is 0 Å². The normalized spacial score (nSPS) is 17.4. The molecular formula is C22H28N4O3. The number of fused-ring (bicyclic) bond motifs is 1. The van der Waals surface area contributed by atoms with E-state index in [9.17, 15) is 4.79 Å². The van der Waals surface area contributed by atoms with Gasteiger partial charge in [0.25, 0.3) is 5.91 Å². The standard InChI is InChI=1S/C22H28N4O3/c1-15-7-10-21(26-25-15)23-14-18(16-5-2-3-6-16)24-22(27)17-8-9-19-20(13-17)29-12-4-11-28-19/h7-10,13,16,18H,2-6,11-12,14H2,1H3,(H,23,26)(H,24,27). The van der Waals surface area contributed by atoms with E-state index in [1.807, 2.05) is 25.1 Å². The average molecular weight is 396 g/mol. The average Bonchev–Trinajstić information content (AvgIpc) is 3.17. The van der Waals surface area contributed by atoms with Gasteiger partial charge in [-0.25, -0.2) is 0 Å². The van der Waals surface area contributed by atoms with Crippen LogP contribution in [0.25, 0.3) is 0 Å². The molecule has 0 spiro atoms. The van der Waals surface area contributed by atoms with E-state index in [0.29, 0.717) is 42.7 Å². The number of amides is 1. The summed E-state index contributed by atoms with van der Waals surface area (Å²) in [5.74, 6) is 2.44. The van der Waals surface area contributed by atoms with Crippen LogP contribution in [0.5, 0.6) is 11.5 Å². The second-order valence-corrected chi connectivity index (χ2v) is 7.78. The zero-order valence-electron chi connectivity index (χ0n) is 16.8. The summed E-state index contributed by atoms with van der Waals surface area (Å²) in [6, 6.07) is 9.27. The number of anilines is 1. The van der Waals surface area contributed by atoms with Crippen molar-refractivity contribution in [3.05, 3.63) is 41.6 Å². The van der Waals surface area contributed by atoms with Gasteiger partial charge in [0.1, 0.15) is 5.82 Å². The summed E-state index contributed by atoms with van der Waals surface area (Å²) in [6.07, 6.45) is 5.53. The largest absolute Gasteiger partial charge is 0.490 e. The maximum absolute atomic E-state index is 13.0. The van der Waals surface area contributed by atoms with Gasteiger partial charge in [-0.05, 0) is 56.0 Å². The molecule has 1 aromatic heterocycles. The lowest BCUT2D eigenvalue weighted by Crippen LogP contribution is -2.44. The van der Waals surface area contributed by atoms with Gasteiger partial charge in [-0.15, -0.1) is 5.10 Å². The number of nitrogens with zero attached hydrogens (tertiary/aromatic N) is 2. The van der Waals surface area contributed by atoms with Crippen LogP contribution in [0.4, 0.5) is 5.82 Å². The van der Waals surface area contributed by atoms with Crippen LogP contribution in [0.3, 0.4) is 0 Å². The minimum Gasteiger partial charge on any atom is -0.490 e. The van der Waals surface area contributed by atoms with Crippen molar-refractivity contribution in [3.8, 4) is 11.5 Å². The Morgan fingerprint density at radius 3 is 2.62 bits per heavy atom. The molecule has 1 aromatic carbocycles. The van der Waals surface area contributed by atoms with Gasteiger partial charge in [0.05, 0.1) is 18.9 Å². The third-order valence-electron chi connectivity index (χ3n) is 5.60. The molecule has 1 atom stereocenters. The molecule has 1 fully saturated rings. The number of aryl methyl sites for hydroxylation is 1. The quantitative estimate of drug-likeness (QED) is 0.779. The molecule has 0 radical (unpaired) electrons.